The van der Waals surface area contributed by atoms with Crippen molar-refractivity contribution < 1.29 is 4.79 Å². The fourth-order valence-corrected chi connectivity index (χ4v) is 6.24. The van der Waals surface area contributed by atoms with E-state index in [0.717, 1.165) is 30.8 Å². The summed E-state index contributed by atoms with van der Waals surface area (Å²) in [5.41, 5.74) is 1.33. The maximum absolute atomic E-state index is 12.9. The highest BCUT2D eigenvalue weighted by Gasteiger charge is 2.58. The lowest BCUT2D eigenvalue weighted by atomic mass is 9.50. The second-order valence-corrected chi connectivity index (χ2v) is 8.98. The minimum absolute atomic E-state index is 0.0337. The van der Waals surface area contributed by atoms with Crippen LogP contribution in [0.4, 0.5) is 5.82 Å². The molecule has 5 heteroatoms. The molecule has 2 heterocycles. The number of aryl methyl sites for hydroxylation is 1. The molecule has 5 nitrogen and oxygen atoms in total. The van der Waals surface area contributed by atoms with Crippen molar-refractivity contribution in [2.24, 2.45) is 11.8 Å². The van der Waals surface area contributed by atoms with Gasteiger partial charge in [-0.15, -0.1) is 0 Å². The molecule has 2 N–H and O–H groups in total. The van der Waals surface area contributed by atoms with Crippen molar-refractivity contribution in [3.63, 3.8) is 0 Å². The predicted octanol–water partition coefficient (Wildman–Crippen LogP) is 3.72. The van der Waals surface area contributed by atoms with Gasteiger partial charge in [-0.2, -0.15) is 0 Å². The number of carbonyl (C=O) groups is 1. The number of nitrogens with one attached hydrogen (secondary N) is 2. The average molecular weight is 362 g/mol. The van der Waals surface area contributed by atoms with Crippen LogP contribution in [0.1, 0.15) is 54.7 Å². The van der Waals surface area contributed by atoms with E-state index in [0.29, 0.717) is 17.5 Å². The van der Waals surface area contributed by atoms with E-state index in [2.05, 4.69) is 20.6 Å². The minimum atomic E-state index is -0.117. The summed E-state index contributed by atoms with van der Waals surface area (Å²) in [4.78, 5) is 21.8. The SMILES string of the molecule is Cc1cccc(C(=O)NC23CC4CC(C2)CC(Nc2ccccn2)(C4)C3)n1. The van der Waals surface area contributed by atoms with Crippen LogP contribution < -0.4 is 10.6 Å². The summed E-state index contributed by atoms with van der Waals surface area (Å²) in [6.45, 7) is 1.92. The van der Waals surface area contributed by atoms with Gasteiger partial charge in [-0.1, -0.05) is 12.1 Å². The molecular weight excluding hydrogens is 336 g/mol. The summed E-state index contributed by atoms with van der Waals surface area (Å²) >= 11 is 0. The van der Waals surface area contributed by atoms with Gasteiger partial charge in [0.2, 0.25) is 0 Å². The summed E-state index contributed by atoms with van der Waals surface area (Å²) in [5.74, 6) is 2.26. The van der Waals surface area contributed by atoms with Gasteiger partial charge in [0.05, 0.1) is 0 Å². The normalized spacial score (nSPS) is 33.7. The maximum atomic E-state index is 12.9. The van der Waals surface area contributed by atoms with Gasteiger partial charge in [0.1, 0.15) is 11.5 Å². The predicted molar refractivity (Wildman–Crippen MR) is 104 cm³/mol. The van der Waals surface area contributed by atoms with Crippen molar-refractivity contribution in [2.75, 3.05) is 5.32 Å². The van der Waals surface area contributed by atoms with Gasteiger partial charge in [0.25, 0.3) is 5.91 Å². The van der Waals surface area contributed by atoms with Crippen LogP contribution in [-0.4, -0.2) is 27.0 Å². The van der Waals surface area contributed by atoms with Crippen molar-refractivity contribution in [1.29, 1.82) is 0 Å². The Bertz CT molecular complexity index is 852. The van der Waals surface area contributed by atoms with Gasteiger partial charge in [-0.05, 0) is 81.5 Å². The molecule has 2 unspecified atom stereocenters. The second kappa shape index (κ2) is 6.04. The molecule has 0 aliphatic heterocycles. The van der Waals surface area contributed by atoms with E-state index < -0.39 is 0 Å². The Kier molecular flexibility index (Phi) is 3.74. The van der Waals surface area contributed by atoms with Gasteiger partial charge in [-0.3, -0.25) is 4.79 Å². The molecule has 0 spiro atoms. The molecule has 4 aliphatic carbocycles. The maximum Gasteiger partial charge on any atom is 0.270 e. The van der Waals surface area contributed by atoms with Crippen molar-refractivity contribution in [3.05, 3.63) is 54.0 Å². The molecule has 4 aliphatic rings. The van der Waals surface area contributed by atoms with Crippen LogP contribution in [0.3, 0.4) is 0 Å². The van der Waals surface area contributed by atoms with Crippen molar-refractivity contribution in [1.82, 2.24) is 15.3 Å². The van der Waals surface area contributed by atoms with E-state index in [1.54, 1.807) is 0 Å². The Labute approximate surface area is 160 Å². The topological polar surface area (TPSA) is 66.9 Å². The van der Waals surface area contributed by atoms with Gasteiger partial charge in [-0.25, -0.2) is 9.97 Å². The molecule has 140 valence electrons. The molecule has 2 atom stereocenters. The molecule has 0 saturated heterocycles. The van der Waals surface area contributed by atoms with E-state index in [9.17, 15) is 4.79 Å². The lowest BCUT2D eigenvalue weighted by Gasteiger charge is -2.62. The summed E-state index contributed by atoms with van der Waals surface area (Å²) in [6.07, 6.45) is 8.65. The van der Waals surface area contributed by atoms with Crippen molar-refractivity contribution in [2.45, 2.75) is 56.5 Å². The first-order chi connectivity index (χ1) is 13.0. The van der Waals surface area contributed by atoms with Crippen LogP contribution in [0.15, 0.2) is 42.6 Å². The number of nitrogens with zero attached hydrogens (tertiary/aromatic N) is 2. The Hall–Kier alpha value is -2.43. The highest BCUT2D eigenvalue weighted by atomic mass is 16.2. The van der Waals surface area contributed by atoms with Gasteiger partial charge in [0, 0.05) is 23.0 Å². The van der Waals surface area contributed by atoms with E-state index >= 15 is 0 Å². The third-order valence-electron chi connectivity index (χ3n) is 6.62. The lowest BCUT2D eigenvalue weighted by Crippen LogP contribution is -2.67. The largest absolute Gasteiger partial charge is 0.365 e. The van der Waals surface area contributed by atoms with Crippen LogP contribution in [0.25, 0.3) is 0 Å². The Morgan fingerprint density at radius 3 is 2.52 bits per heavy atom. The number of anilines is 1. The fourth-order valence-electron chi connectivity index (χ4n) is 6.24. The standard InChI is InChI=1S/C22H26N4O/c1-15-5-4-6-18(24-15)20(27)26-22-12-16-9-17(13-22)11-21(10-16,14-22)25-19-7-2-3-8-23-19/h2-8,16-17H,9-14H2,1H3,(H,23,25)(H,26,27). The average Bonchev–Trinajstić information content (AvgIpc) is 2.60. The van der Waals surface area contributed by atoms with Crippen LogP contribution in [-0.2, 0) is 0 Å². The van der Waals surface area contributed by atoms with Gasteiger partial charge < -0.3 is 10.6 Å². The lowest BCUT2D eigenvalue weighted by molar-refractivity contribution is -0.0238. The number of rotatable bonds is 4. The van der Waals surface area contributed by atoms with Crippen LogP contribution in [0.2, 0.25) is 0 Å². The van der Waals surface area contributed by atoms with Gasteiger partial charge >= 0.3 is 0 Å². The summed E-state index contributed by atoms with van der Waals surface area (Å²) < 4.78 is 0. The van der Waals surface area contributed by atoms with Crippen molar-refractivity contribution in [3.8, 4) is 0 Å². The van der Waals surface area contributed by atoms with Gasteiger partial charge in [0.15, 0.2) is 0 Å². The van der Waals surface area contributed by atoms with Crippen molar-refractivity contribution >= 4 is 11.7 Å². The highest BCUT2D eigenvalue weighted by molar-refractivity contribution is 5.92. The van der Waals surface area contributed by atoms with E-state index in [1.165, 1.54) is 19.3 Å². The third kappa shape index (κ3) is 3.09. The Morgan fingerprint density at radius 1 is 1.04 bits per heavy atom. The molecule has 4 bridgehead atoms. The summed E-state index contributed by atoms with van der Waals surface area (Å²) in [6, 6.07) is 11.7. The highest BCUT2D eigenvalue weighted by Crippen LogP contribution is 2.58. The minimum Gasteiger partial charge on any atom is -0.365 e. The quantitative estimate of drug-likeness (QED) is 0.870. The summed E-state index contributed by atoms with van der Waals surface area (Å²) in [7, 11) is 0. The van der Waals surface area contributed by atoms with Crippen LogP contribution in [0, 0.1) is 18.8 Å². The van der Waals surface area contributed by atoms with E-state index in [4.69, 9.17) is 0 Å². The molecule has 4 saturated carbocycles. The number of hydrogen-bond donors (Lipinski definition) is 2. The Morgan fingerprint density at radius 2 is 1.81 bits per heavy atom. The molecule has 1 amide bonds. The third-order valence-corrected chi connectivity index (χ3v) is 6.62. The molecule has 2 aromatic heterocycles. The molecule has 6 rings (SSSR count). The monoisotopic (exact) mass is 362 g/mol. The number of aromatic nitrogens is 2. The molecule has 4 fully saturated rings. The molecule has 27 heavy (non-hydrogen) atoms. The Balaban J connectivity index is 1.40. The first-order valence-corrected chi connectivity index (χ1v) is 9.99. The zero-order valence-corrected chi connectivity index (χ0v) is 15.7. The zero-order valence-electron chi connectivity index (χ0n) is 15.7. The zero-order chi connectivity index (χ0) is 18.5. The first-order valence-electron chi connectivity index (χ1n) is 9.99. The smallest absolute Gasteiger partial charge is 0.270 e. The van der Waals surface area contributed by atoms with E-state index in [1.807, 2.05) is 49.5 Å². The number of amides is 1. The van der Waals surface area contributed by atoms with Crippen LogP contribution >= 0.6 is 0 Å². The number of carbonyl (C=O) groups excluding carboxylic acids is 1. The summed E-state index contributed by atoms with van der Waals surface area (Å²) in [5, 5.41) is 7.17. The molecule has 2 aromatic rings. The number of hydrogen-bond acceptors (Lipinski definition) is 4. The van der Waals surface area contributed by atoms with E-state index in [-0.39, 0.29) is 17.0 Å². The fraction of sp³-hybridized carbons (Fsp3) is 0.500. The molecular formula is C22H26N4O. The number of pyridine rings is 2. The second-order valence-electron chi connectivity index (χ2n) is 8.98. The first kappa shape index (κ1) is 16.7. The molecule has 0 aromatic carbocycles. The van der Waals surface area contributed by atoms with Crippen LogP contribution in [0.5, 0.6) is 0 Å². The molecule has 0 radical (unpaired) electrons.